The van der Waals surface area contributed by atoms with Crippen molar-refractivity contribution in [3.05, 3.63) is 47.5 Å². The zero-order chi connectivity index (χ0) is 37.3. The molecule has 6 rings (SSSR count). The Morgan fingerprint density at radius 2 is 0.944 bits per heavy atom. The molecule has 0 aromatic heterocycles. The van der Waals surface area contributed by atoms with E-state index >= 15 is 0 Å². The van der Waals surface area contributed by atoms with E-state index in [1.54, 1.807) is 0 Å². The molecule has 0 radical (unpaired) electrons. The standard InChI is InChI=1S/C42H60N2O8.2BrH/c1-7-49-36-17-11-28(19-38(36)51-9-3)26-43(5)32-13-14-33(43)22-30(21-32)42(41(47)48,25-40(45)46)31-23-34-15-16-35(24-31)44(34,6)27-29-12-18-37(50-8-2)39(20-29)52-10-4;;/h11-12,17-20,30-35H,7-10,13-16,21-27H2,1-6H3;2*1H. The van der Waals surface area contributed by atoms with Crippen LogP contribution in [0.4, 0.5) is 0 Å². The summed E-state index contributed by atoms with van der Waals surface area (Å²) in [5, 5.41) is 21.7. The van der Waals surface area contributed by atoms with E-state index in [0.717, 1.165) is 96.4 Å². The van der Waals surface area contributed by atoms with Crippen LogP contribution in [-0.2, 0) is 22.7 Å². The second kappa shape index (κ2) is 18.2. The number of aliphatic carboxylic acids is 2. The van der Waals surface area contributed by atoms with E-state index < -0.39 is 17.4 Å². The fourth-order valence-corrected chi connectivity index (χ4v) is 11.3. The largest absolute Gasteiger partial charge is 1.00 e. The van der Waals surface area contributed by atoms with Crippen LogP contribution in [0.2, 0.25) is 0 Å². The van der Waals surface area contributed by atoms with Gasteiger partial charge >= 0.3 is 11.9 Å². The lowest BCUT2D eigenvalue weighted by atomic mass is 9.57. The van der Waals surface area contributed by atoms with Gasteiger partial charge in [0.1, 0.15) is 13.1 Å². The van der Waals surface area contributed by atoms with Crippen LogP contribution in [0, 0.1) is 17.3 Å². The average molecular weight is 883 g/mol. The number of carboxylic acid groups (broad SMARTS) is 2. The number of piperidine rings is 2. The summed E-state index contributed by atoms with van der Waals surface area (Å²) < 4.78 is 25.3. The number of nitrogens with zero attached hydrogens (tertiary/aromatic N) is 2. The van der Waals surface area contributed by atoms with Gasteiger partial charge in [-0.15, -0.1) is 0 Å². The Hall–Kier alpha value is -2.54. The number of ether oxygens (including phenoxy) is 4. The molecule has 4 heterocycles. The summed E-state index contributed by atoms with van der Waals surface area (Å²) >= 11 is 0. The van der Waals surface area contributed by atoms with Gasteiger partial charge in [-0.05, 0) is 75.9 Å². The van der Waals surface area contributed by atoms with Crippen molar-refractivity contribution < 1.29 is 81.7 Å². The summed E-state index contributed by atoms with van der Waals surface area (Å²) in [4.78, 5) is 26.5. The van der Waals surface area contributed by atoms with Gasteiger partial charge < -0.3 is 72.1 Å². The molecule has 4 aliphatic heterocycles. The van der Waals surface area contributed by atoms with Crippen LogP contribution >= 0.6 is 0 Å². The molecule has 4 unspecified atom stereocenters. The first kappa shape index (κ1) is 44.2. The van der Waals surface area contributed by atoms with E-state index in [4.69, 9.17) is 18.9 Å². The van der Waals surface area contributed by atoms with E-state index in [1.807, 2.05) is 39.8 Å². The topological polar surface area (TPSA) is 112 Å². The van der Waals surface area contributed by atoms with Gasteiger partial charge in [-0.25, -0.2) is 0 Å². The minimum Gasteiger partial charge on any atom is -1.00 e. The smallest absolute Gasteiger partial charge is 0.310 e. The number of quaternary nitrogens is 2. The van der Waals surface area contributed by atoms with Crippen molar-refractivity contribution in [1.29, 1.82) is 0 Å². The summed E-state index contributed by atoms with van der Waals surface area (Å²) in [5.41, 5.74) is 1.08. The molecule has 4 fully saturated rings. The summed E-state index contributed by atoms with van der Waals surface area (Å²) in [7, 11) is 4.66. The fourth-order valence-electron chi connectivity index (χ4n) is 11.3. The number of rotatable bonds is 17. The molecule has 2 aromatic rings. The summed E-state index contributed by atoms with van der Waals surface area (Å²) in [6.45, 7) is 11.8. The van der Waals surface area contributed by atoms with Crippen molar-refractivity contribution in [1.82, 2.24) is 0 Å². The van der Waals surface area contributed by atoms with Crippen LogP contribution in [0.5, 0.6) is 23.0 Å². The fraction of sp³-hybridized carbons (Fsp3) is 0.667. The maximum absolute atomic E-state index is 13.8. The summed E-state index contributed by atoms with van der Waals surface area (Å²) in [5.74, 6) is 0.773. The molecule has 0 spiro atoms. The molecule has 12 heteroatoms. The maximum Gasteiger partial charge on any atom is 0.310 e. The highest BCUT2D eigenvalue weighted by Crippen LogP contribution is 2.59. The van der Waals surface area contributed by atoms with Crippen LogP contribution in [0.3, 0.4) is 0 Å². The normalized spacial score (nSPS) is 30.6. The minimum atomic E-state index is -1.29. The number of benzene rings is 2. The molecule has 10 nitrogen and oxygen atoms in total. The number of hydrogen-bond acceptors (Lipinski definition) is 6. The number of carbonyl (C=O) groups is 2. The van der Waals surface area contributed by atoms with Crippen LogP contribution in [0.25, 0.3) is 0 Å². The van der Waals surface area contributed by atoms with Crippen LogP contribution in [0.1, 0.15) is 96.6 Å². The van der Waals surface area contributed by atoms with Gasteiger partial charge in [-0.3, -0.25) is 9.59 Å². The molecule has 2 N–H and O–H groups in total. The van der Waals surface area contributed by atoms with Crippen LogP contribution in [-0.4, -0.2) is 95.8 Å². The third-order valence-electron chi connectivity index (χ3n) is 13.8. The summed E-state index contributed by atoms with van der Waals surface area (Å²) in [6, 6.07) is 13.6. The Bertz CT molecular complexity index is 1480. The Labute approximate surface area is 343 Å². The first-order chi connectivity index (χ1) is 24.9. The van der Waals surface area contributed by atoms with Crippen LogP contribution in [0.15, 0.2) is 36.4 Å². The van der Waals surface area contributed by atoms with Crippen molar-refractivity contribution in [3.8, 4) is 23.0 Å². The molecule has 302 valence electrons. The van der Waals surface area contributed by atoms with Gasteiger partial charge in [0.25, 0.3) is 0 Å². The third kappa shape index (κ3) is 8.28. The average Bonchev–Trinajstić information content (AvgIpc) is 3.33. The number of hydrogen-bond donors (Lipinski definition) is 2. The molecule has 4 saturated heterocycles. The Morgan fingerprint density at radius 3 is 1.24 bits per heavy atom. The molecular weight excluding hydrogens is 820 g/mol. The lowest BCUT2D eigenvalue weighted by Crippen LogP contribution is -3.00. The van der Waals surface area contributed by atoms with Crippen molar-refractivity contribution in [2.75, 3.05) is 40.5 Å². The number of fused-ring (bicyclic) bond motifs is 4. The Balaban J connectivity index is 0.00000325. The monoisotopic (exact) mass is 880 g/mol. The predicted molar refractivity (Wildman–Crippen MR) is 199 cm³/mol. The highest BCUT2D eigenvalue weighted by atomic mass is 79.9. The zero-order valence-electron chi connectivity index (χ0n) is 33.0. The second-order valence-corrected chi connectivity index (χ2v) is 16.3. The first-order valence-electron chi connectivity index (χ1n) is 19.8. The van der Waals surface area contributed by atoms with Gasteiger partial charge in [0.2, 0.25) is 0 Å². The highest BCUT2D eigenvalue weighted by Gasteiger charge is 2.64. The van der Waals surface area contributed by atoms with Crippen molar-refractivity contribution in [3.63, 3.8) is 0 Å². The predicted octanol–water partition coefficient (Wildman–Crippen LogP) is 1.31. The maximum atomic E-state index is 13.8. The van der Waals surface area contributed by atoms with Crippen molar-refractivity contribution in [2.45, 2.75) is 123 Å². The van der Waals surface area contributed by atoms with E-state index in [-0.39, 0.29) is 76.4 Å². The quantitative estimate of drug-likeness (QED) is 0.229. The molecule has 54 heavy (non-hydrogen) atoms. The van der Waals surface area contributed by atoms with E-state index in [0.29, 0.717) is 26.4 Å². The van der Waals surface area contributed by atoms with Gasteiger partial charge in [0.15, 0.2) is 23.0 Å². The Morgan fingerprint density at radius 1 is 0.611 bits per heavy atom. The molecule has 4 atom stereocenters. The van der Waals surface area contributed by atoms with Gasteiger partial charge in [-0.2, -0.15) is 0 Å². The number of carboxylic acids is 2. The van der Waals surface area contributed by atoms with Gasteiger partial charge in [0.05, 0.1) is 76.5 Å². The van der Waals surface area contributed by atoms with Crippen molar-refractivity contribution >= 4 is 11.9 Å². The van der Waals surface area contributed by atoms with E-state index in [2.05, 4.69) is 38.4 Å². The molecule has 0 aliphatic carbocycles. The van der Waals surface area contributed by atoms with Gasteiger partial charge in [0, 0.05) is 62.5 Å². The molecule has 4 bridgehead atoms. The highest BCUT2D eigenvalue weighted by molar-refractivity contribution is 5.82. The van der Waals surface area contributed by atoms with E-state index in [1.165, 1.54) is 11.1 Å². The van der Waals surface area contributed by atoms with Crippen LogP contribution < -0.4 is 52.9 Å². The van der Waals surface area contributed by atoms with Crippen molar-refractivity contribution in [2.24, 2.45) is 17.3 Å². The molecule has 0 amide bonds. The first-order valence-corrected chi connectivity index (χ1v) is 19.8. The lowest BCUT2D eigenvalue weighted by Gasteiger charge is -2.55. The number of halogens is 2. The molecule has 2 aromatic carbocycles. The van der Waals surface area contributed by atoms with Gasteiger partial charge in [-0.1, -0.05) is 0 Å². The lowest BCUT2D eigenvalue weighted by molar-refractivity contribution is -0.963. The van der Waals surface area contributed by atoms with E-state index in [9.17, 15) is 19.8 Å². The molecular formula is C42H62Br2N2O8. The zero-order valence-corrected chi connectivity index (χ0v) is 36.2. The summed E-state index contributed by atoms with van der Waals surface area (Å²) in [6.07, 6.45) is 6.80. The minimum absolute atomic E-state index is 0. The molecule has 4 aliphatic rings. The second-order valence-electron chi connectivity index (χ2n) is 16.3. The third-order valence-corrected chi connectivity index (χ3v) is 13.8. The molecule has 0 saturated carbocycles. The Kier molecular flexibility index (Phi) is 14.9. The SMILES string of the molecule is CCOc1ccc(C[N+]2(C)C3CCC2CC(C(CC(=O)O)(C(=O)O)C2CC4CCC(C2)[N+]4(C)Cc2ccc(OCC)c(OCC)c2)C3)cc1OCC.[Br-].[Br-].